The van der Waals surface area contributed by atoms with Crippen LogP contribution in [0.1, 0.15) is 18.6 Å². The van der Waals surface area contributed by atoms with E-state index in [1.165, 1.54) is 6.20 Å². The number of anilines is 1. The van der Waals surface area contributed by atoms with Crippen molar-refractivity contribution in [3.8, 4) is 0 Å². The van der Waals surface area contributed by atoms with Crippen molar-refractivity contribution in [3.05, 3.63) is 48.3 Å². The van der Waals surface area contributed by atoms with Gasteiger partial charge in [-0.15, -0.1) is 0 Å². The number of amides is 2. The highest BCUT2D eigenvalue weighted by atomic mass is 16.5. The highest BCUT2D eigenvalue weighted by Crippen LogP contribution is 2.15. The molecular weight excluding hydrogens is 284 g/mol. The maximum atomic E-state index is 11.6. The number of urea groups is 1. The van der Waals surface area contributed by atoms with Crippen molar-refractivity contribution in [1.82, 2.24) is 15.5 Å². The van der Waals surface area contributed by atoms with Crippen molar-refractivity contribution in [3.63, 3.8) is 0 Å². The van der Waals surface area contributed by atoms with Crippen LogP contribution in [0.15, 0.2) is 42.7 Å². The number of aliphatic hydroxyl groups is 1. The third-order valence-corrected chi connectivity index (χ3v) is 3.06. The topological polar surface area (TPSA) is 99.3 Å². The second kappa shape index (κ2) is 8.16. The van der Waals surface area contributed by atoms with Gasteiger partial charge in [-0.05, 0) is 12.5 Å². The molecule has 4 N–H and O–H groups in total. The number of hydrogen-bond acceptors (Lipinski definition) is 4. The Hall–Kier alpha value is -2.38. The normalized spacial score (nSPS) is 13.4. The van der Waals surface area contributed by atoms with Gasteiger partial charge in [-0.25, -0.2) is 4.79 Å². The van der Waals surface area contributed by atoms with Gasteiger partial charge < -0.3 is 20.5 Å². The predicted molar refractivity (Wildman–Crippen MR) is 82.4 cm³/mol. The quantitative estimate of drug-likeness (QED) is 0.625. The van der Waals surface area contributed by atoms with Gasteiger partial charge in [0.05, 0.1) is 30.7 Å². The van der Waals surface area contributed by atoms with Crippen LogP contribution in [0, 0.1) is 0 Å². The van der Waals surface area contributed by atoms with Crippen LogP contribution in [-0.2, 0) is 4.74 Å². The summed E-state index contributed by atoms with van der Waals surface area (Å²) in [5.74, 6) is 0. The molecule has 0 radical (unpaired) electrons. The van der Waals surface area contributed by atoms with E-state index in [9.17, 15) is 9.90 Å². The molecule has 22 heavy (non-hydrogen) atoms. The van der Waals surface area contributed by atoms with Gasteiger partial charge in [0, 0.05) is 12.7 Å². The first-order valence-corrected chi connectivity index (χ1v) is 7.03. The summed E-state index contributed by atoms with van der Waals surface area (Å²) in [6.07, 6.45) is 2.15. The van der Waals surface area contributed by atoms with Crippen LogP contribution in [0.25, 0.3) is 0 Å². The molecular formula is C15H20N4O3. The molecule has 0 aliphatic heterocycles. The highest BCUT2D eigenvalue weighted by Gasteiger charge is 2.11. The molecule has 1 heterocycles. The molecule has 1 aromatic heterocycles. The summed E-state index contributed by atoms with van der Waals surface area (Å²) in [6.45, 7) is 2.16. The molecule has 2 amide bonds. The van der Waals surface area contributed by atoms with E-state index in [0.29, 0.717) is 5.69 Å². The zero-order valence-electron chi connectivity index (χ0n) is 12.3. The number of carbonyl (C=O) groups is 1. The van der Waals surface area contributed by atoms with Gasteiger partial charge in [0.25, 0.3) is 0 Å². The average molecular weight is 304 g/mol. The summed E-state index contributed by atoms with van der Waals surface area (Å²) in [6, 6.07) is 9.34. The number of hydrogen-bond donors (Lipinski definition) is 4. The molecule has 0 saturated heterocycles. The second-order valence-corrected chi connectivity index (χ2v) is 4.86. The first kappa shape index (κ1) is 16.0. The number of rotatable bonds is 7. The van der Waals surface area contributed by atoms with Gasteiger partial charge in [-0.2, -0.15) is 5.10 Å². The highest BCUT2D eigenvalue weighted by molar-refractivity contribution is 5.88. The Morgan fingerprint density at radius 3 is 2.86 bits per heavy atom. The lowest BCUT2D eigenvalue weighted by molar-refractivity contribution is -0.000953. The fourth-order valence-electron chi connectivity index (χ4n) is 1.84. The van der Waals surface area contributed by atoms with E-state index >= 15 is 0 Å². The Balaban J connectivity index is 1.65. The molecule has 118 valence electrons. The SMILES string of the molecule is C[C@H](OC[C@@H](O)CNC(=O)Nc1cn[nH]c1)c1ccccc1. The maximum Gasteiger partial charge on any atom is 0.319 e. The van der Waals surface area contributed by atoms with Crippen LogP contribution in [0.4, 0.5) is 10.5 Å². The Labute approximate surface area is 128 Å². The number of aromatic nitrogens is 2. The molecule has 1 aromatic carbocycles. The van der Waals surface area contributed by atoms with Gasteiger partial charge in [0.2, 0.25) is 0 Å². The predicted octanol–water partition coefficient (Wildman–Crippen LogP) is 1.67. The lowest BCUT2D eigenvalue weighted by Crippen LogP contribution is -2.37. The minimum atomic E-state index is -0.777. The third kappa shape index (κ3) is 5.19. The summed E-state index contributed by atoms with van der Waals surface area (Å²) in [4.78, 5) is 11.6. The molecule has 7 nitrogen and oxygen atoms in total. The molecule has 0 aliphatic rings. The van der Waals surface area contributed by atoms with E-state index in [2.05, 4.69) is 20.8 Å². The summed E-state index contributed by atoms with van der Waals surface area (Å²) in [5.41, 5.74) is 1.60. The van der Waals surface area contributed by atoms with Crippen LogP contribution < -0.4 is 10.6 Å². The third-order valence-electron chi connectivity index (χ3n) is 3.06. The van der Waals surface area contributed by atoms with Crippen LogP contribution in [0.5, 0.6) is 0 Å². The van der Waals surface area contributed by atoms with Crippen LogP contribution >= 0.6 is 0 Å². The fourth-order valence-corrected chi connectivity index (χ4v) is 1.84. The first-order chi connectivity index (χ1) is 10.6. The number of H-pyrrole nitrogens is 1. The monoisotopic (exact) mass is 304 g/mol. The number of aliphatic hydroxyl groups excluding tert-OH is 1. The van der Waals surface area contributed by atoms with Gasteiger partial charge in [-0.1, -0.05) is 30.3 Å². The fraction of sp³-hybridized carbons (Fsp3) is 0.333. The molecule has 0 aliphatic carbocycles. The van der Waals surface area contributed by atoms with E-state index in [0.717, 1.165) is 5.56 Å². The molecule has 0 fully saturated rings. The van der Waals surface area contributed by atoms with Crippen molar-refractivity contribution in [1.29, 1.82) is 0 Å². The summed E-state index contributed by atoms with van der Waals surface area (Å²) in [7, 11) is 0. The molecule has 0 spiro atoms. The number of aromatic amines is 1. The number of benzene rings is 1. The molecule has 0 bridgehead atoms. The van der Waals surface area contributed by atoms with Gasteiger partial charge >= 0.3 is 6.03 Å². The van der Waals surface area contributed by atoms with Gasteiger partial charge in [-0.3, -0.25) is 5.10 Å². The van der Waals surface area contributed by atoms with E-state index in [-0.39, 0.29) is 19.3 Å². The molecule has 0 unspecified atom stereocenters. The molecule has 2 rings (SSSR count). The zero-order valence-corrected chi connectivity index (χ0v) is 12.3. The largest absolute Gasteiger partial charge is 0.389 e. The van der Waals surface area contributed by atoms with Gasteiger partial charge in [0.15, 0.2) is 0 Å². The molecule has 0 saturated carbocycles. The van der Waals surface area contributed by atoms with E-state index in [4.69, 9.17) is 4.74 Å². The maximum absolute atomic E-state index is 11.6. The number of nitrogens with zero attached hydrogens (tertiary/aromatic N) is 1. The smallest absolute Gasteiger partial charge is 0.319 e. The second-order valence-electron chi connectivity index (χ2n) is 4.86. The van der Waals surface area contributed by atoms with Gasteiger partial charge in [0.1, 0.15) is 0 Å². The van der Waals surface area contributed by atoms with Crippen LogP contribution in [-0.4, -0.2) is 40.6 Å². The van der Waals surface area contributed by atoms with Crippen molar-refractivity contribution in [2.75, 3.05) is 18.5 Å². The first-order valence-electron chi connectivity index (χ1n) is 7.03. The minimum absolute atomic E-state index is 0.102. The van der Waals surface area contributed by atoms with E-state index in [1.54, 1.807) is 6.20 Å². The van der Waals surface area contributed by atoms with E-state index in [1.807, 2.05) is 37.3 Å². The number of ether oxygens (including phenoxy) is 1. The van der Waals surface area contributed by atoms with Crippen molar-refractivity contribution in [2.24, 2.45) is 0 Å². The van der Waals surface area contributed by atoms with Crippen molar-refractivity contribution < 1.29 is 14.6 Å². The lowest BCUT2D eigenvalue weighted by Gasteiger charge is -2.17. The Bertz CT molecular complexity index is 559. The summed E-state index contributed by atoms with van der Waals surface area (Å²) < 4.78 is 5.59. The Morgan fingerprint density at radius 2 is 2.18 bits per heavy atom. The van der Waals surface area contributed by atoms with Crippen LogP contribution in [0.2, 0.25) is 0 Å². The standard InChI is InChI=1S/C15H20N4O3/c1-11(12-5-3-2-4-6-12)22-10-14(20)9-16-15(21)19-13-7-17-18-8-13/h2-8,11,14,20H,9-10H2,1H3,(H,17,18)(H2,16,19,21)/t11-,14-/m0/s1. The Morgan fingerprint density at radius 1 is 1.41 bits per heavy atom. The number of nitrogens with one attached hydrogen (secondary N) is 3. The lowest BCUT2D eigenvalue weighted by atomic mass is 10.1. The van der Waals surface area contributed by atoms with Crippen LogP contribution in [0.3, 0.4) is 0 Å². The molecule has 2 aromatic rings. The minimum Gasteiger partial charge on any atom is -0.389 e. The van der Waals surface area contributed by atoms with Crippen molar-refractivity contribution >= 4 is 11.7 Å². The Kier molecular flexibility index (Phi) is 5.93. The summed E-state index contributed by atoms with van der Waals surface area (Å²) in [5, 5.41) is 21.3. The van der Waals surface area contributed by atoms with E-state index < -0.39 is 12.1 Å². The zero-order chi connectivity index (χ0) is 15.8. The molecule has 2 atom stereocenters. The molecule has 7 heteroatoms. The van der Waals surface area contributed by atoms with Crippen molar-refractivity contribution in [2.45, 2.75) is 19.1 Å². The summed E-state index contributed by atoms with van der Waals surface area (Å²) >= 11 is 0. The average Bonchev–Trinajstić information content (AvgIpc) is 3.04. The number of carbonyl (C=O) groups excluding carboxylic acids is 1.